The van der Waals surface area contributed by atoms with E-state index in [0.717, 1.165) is 6.20 Å². The van der Waals surface area contributed by atoms with Crippen LogP contribution in [0.2, 0.25) is 0 Å². The third-order valence-electron chi connectivity index (χ3n) is 2.85. The maximum atomic E-state index is 12.2. The Morgan fingerprint density at radius 1 is 1.55 bits per heavy atom. The standard InChI is InChI=1S/C11H19N3O5S/c1-4-19-11(16)9-5-12-13-10(9)20(17,18)14-8(3)7(2)6-15/h5,7-8,14-15H,4,6H2,1-3H3,(H,12,13). The molecule has 1 heterocycles. The monoisotopic (exact) mass is 305 g/mol. The second kappa shape index (κ2) is 6.82. The lowest BCUT2D eigenvalue weighted by Gasteiger charge is -2.18. The minimum Gasteiger partial charge on any atom is -0.462 e. The van der Waals surface area contributed by atoms with Crippen LogP contribution in [0.4, 0.5) is 0 Å². The van der Waals surface area contributed by atoms with E-state index < -0.39 is 22.0 Å². The number of carbonyl (C=O) groups is 1. The van der Waals surface area contributed by atoms with Gasteiger partial charge in [-0.2, -0.15) is 5.10 Å². The van der Waals surface area contributed by atoms with Gasteiger partial charge >= 0.3 is 5.97 Å². The Morgan fingerprint density at radius 3 is 2.75 bits per heavy atom. The molecule has 0 aliphatic carbocycles. The lowest BCUT2D eigenvalue weighted by molar-refractivity contribution is 0.0521. The quantitative estimate of drug-likeness (QED) is 0.604. The van der Waals surface area contributed by atoms with Gasteiger partial charge in [-0.1, -0.05) is 6.92 Å². The molecule has 0 saturated carbocycles. The molecule has 0 fully saturated rings. The molecule has 0 bridgehead atoms. The molecule has 0 amide bonds. The average molecular weight is 305 g/mol. The number of hydrogen-bond donors (Lipinski definition) is 3. The highest BCUT2D eigenvalue weighted by molar-refractivity contribution is 7.89. The van der Waals surface area contributed by atoms with Crippen molar-refractivity contribution in [2.24, 2.45) is 5.92 Å². The summed E-state index contributed by atoms with van der Waals surface area (Å²) in [6, 6.07) is -0.497. The zero-order valence-corrected chi connectivity index (χ0v) is 12.4. The molecule has 0 aromatic carbocycles. The summed E-state index contributed by atoms with van der Waals surface area (Å²) in [5.74, 6) is -1.02. The first-order chi connectivity index (χ1) is 9.33. The summed E-state index contributed by atoms with van der Waals surface area (Å²) >= 11 is 0. The second-order valence-corrected chi connectivity index (χ2v) is 6.05. The molecule has 0 saturated heterocycles. The number of rotatable bonds is 7. The molecule has 0 radical (unpaired) electrons. The van der Waals surface area contributed by atoms with E-state index in [2.05, 4.69) is 14.9 Å². The van der Waals surface area contributed by atoms with Crippen molar-refractivity contribution in [3.63, 3.8) is 0 Å². The topological polar surface area (TPSA) is 121 Å². The molecule has 8 nitrogen and oxygen atoms in total. The maximum absolute atomic E-state index is 12.2. The number of esters is 1. The van der Waals surface area contributed by atoms with Crippen molar-refractivity contribution in [3.05, 3.63) is 11.8 Å². The summed E-state index contributed by atoms with van der Waals surface area (Å²) in [6.07, 6.45) is 1.10. The van der Waals surface area contributed by atoms with Crippen LogP contribution in [-0.4, -0.2) is 48.9 Å². The largest absolute Gasteiger partial charge is 0.462 e. The second-order valence-electron chi connectivity index (χ2n) is 4.40. The first kappa shape index (κ1) is 16.6. The number of aromatic amines is 1. The first-order valence-corrected chi connectivity index (χ1v) is 7.65. The van der Waals surface area contributed by atoms with Gasteiger partial charge in [0.25, 0.3) is 10.0 Å². The molecule has 114 valence electrons. The summed E-state index contributed by atoms with van der Waals surface area (Å²) in [5.41, 5.74) is -0.150. The molecule has 3 N–H and O–H groups in total. The van der Waals surface area contributed by atoms with Crippen LogP contribution in [-0.2, 0) is 14.8 Å². The number of sulfonamides is 1. The number of hydrogen-bond acceptors (Lipinski definition) is 6. The number of nitrogens with zero attached hydrogens (tertiary/aromatic N) is 1. The van der Waals surface area contributed by atoms with E-state index in [1.807, 2.05) is 0 Å². The number of nitrogens with one attached hydrogen (secondary N) is 2. The van der Waals surface area contributed by atoms with Crippen LogP contribution in [0, 0.1) is 5.92 Å². The van der Waals surface area contributed by atoms with Gasteiger partial charge in [0.2, 0.25) is 0 Å². The van der Waals surface area contributed by atoms with Gasteiger partial charge in [-0.25, -0.2) is 17.9 Å². The van der Waals surface area contributed by atoms with Crippen molar-refractivity contribution in [2.75, 3.05) is 13.2 Å². The Morgan fingerprint density at radius 2 is 2.20 bits per heavy atom. The molecule has 1 aromatic rings. The van der Waals surface area contributed by atoms with E-state index in [0.29, 0.717) is 0 Å². The molecule has 0 spiro atoms. The SMILES string of the molecule is CCOC(=O)c1cn[nH]c1S(=O)(=O)NC(C)C(C)CO. The van der Waals surface area contributed by atoms with Crippen LogP contribution in [0.1, 0.15) is 31.1 Å². The maximum Gasteiger partial charge on any atom is 0.342 e. The minimum absolute atomic E-state index is 0.134. The molecule has 0 aliphatic heterocycles. The summed E-state index contributed by atoms with van der Waals surface area (Å²) in [6.45, 7) is 4.92. The van der Waals surface area contributed by atoms with Gasteiger partial charge in [-0.15, -0.1) is 0 Å². The van der Waals surface area contributed by atoms with Gasteiger partial charge in [-0.05, 0) is 19.8 Å². The van der Waals surface area contributed by atoms with E-state index in [9.17, 15) is 13.2 Å². The van der Waals surface area contributed by atoms with Gasteiger partial charge < -0.3 is 9.84 Å². The van der Waals surface area contributed by atoms with E-state index in [4.69, 9.17) is 9.84 Å². The molecule has 9 heteroatoms. The van der Waals surface area contributed by atoms with Gasteiger partial charge in [0, 0.05) is 12.6 Å². The number of ether oxygens (including phenoxy) is 1. The number of aromatic nitrogens is 2. The predicted octanol–water partition coefficient (Wildman–Crippen LogP) is -0.118. The summed E-state index contributed by atoms with van der Waals surface area (Å²) in [4.78, 5) is 11.6. The predicted molar refractivity (Wildman–Crippen MR) is 70.6 cm³/mol. The molecule has 2 atom stereocenters. The highest BCUT2D eigenvalue weighted by Crippen LogP contribution is 2.15. The highest BCUT2D eigenvalue weighted by atomic mass is 32.2. The minimum atomic E-state index is -3.95. The van der Waals surface area contributed by atoms with Crippen molar-refractivity contribution < 1.29 is 23.1 Å². The lowest BCUT2D eigenvalue weighted by Crippen LogP contribution is -2.39. The Kier molecular flexibility index (Phi) is 5.66. The summed E-state index contributed by atoms with van der Waals surface area (Å²) < 4.78 is 31.5. The number of aliphatic hydroxyl groups excluding tert-OH is 1. The highest BCUT2D eigenvalue weighted by Gasteiger charge is 2.28. The van der Waals surface area contributed by atoms with E-state index in [1.165, 1.54) is 0 Å². The zero-order valence-electron chi connectivity index (χ0n) is 11.6. The number of H-pyrrole nitrogens is 1. The van der Waals surface area contributed by atoms with Crippen LogP contribution in [0.15, 0.2) is 11.2 Å². The Balaban J connectivity index is 2.99. The molecular formula is C11H19N3O5S. The van der Waals surface area contributed by atoms with Crippen molar-refractivity contribution >= 4 is 16.0 Å². The molecule has 1 rings (SSSR count). The van der Waals surface area contributed by atoms with Gasteiger partial charge in [0.05, 0.1) is 12.8 Å². The van der Waals surface area contributed by atoms with Crippen LogP contribution in [0.5, 0.6) is 0 Å². The Labute approximate surface area is 117 Å². The normalized spacial score (nSPS) is 14.8. The first-order valence-electron chi connectivity index (χ1n) is 6.17. The number of aliphatic hydroxyl groups is 1. The molecule has 2 unspecified atom stereocenters. The Bertz CT molecular complexity index is 554. The van der Waals surface area contributed by atoms with E-state index >= 15 is 0 Å². The van der Waals surface area contributed by atoms with Crippen molar-refractivity contribution in [2.45, 2.75) is 31.8 Å². The van der Waals surface area contributed by atoms with Crippen molar-refractivity contribution in [1.29, 1.82) is 0 Å². The van der Waals surface area contributed by atoms with Crippen molar-refractivity contribution in [1.82, 2.24) is 14.9 Å². The van der Waals surface area contributed by atoms with E-state index in [1.54, 1.807) is 20.8 Å². The molecule has 0 aliphatic rings. The van der Waals surface area contributed by atoms with Gasteiger partial charge in [0.1, 0.15) is 5.56 Å². The molecule has 20 heavy (non-hydrogen) atoms. The average Bonchev–Trinajstić information content (AvgIpc) is 2.87. The molecule has 1 aromatic heterocycles. The third-order valence-corrected chi connectivity index (χ3v) is 4.38. The Hall–Kier alpha value is -1.45. The fourth-order valence-corrected chi connectivity index (χ4v) is 2.85. The van der Waals surface area contributed by atoms with E-state index in [-0.39, 0.29) is 29.7 Å². The third kappa shape index (κ3) is 3.78. The van der Waals surface area contributed by atoms with Crippen LogP contribution < -0.4 is 4.72 Å². The lowest BCUT2D eigenvalue weighted by atomic mass is 10.1. The van der Waals surface area contributed by atoms with Crippen LogP contribution in [0.25, 0.3) is 0 Å². The molecular weight excluding hydrogens is 286 g/mol. The van der Waals surface area contributed by atoms with Gasteiger partial charge in [-0.3, -0.25) is 5.10 Å². The summed E-state index contributed by atoms with van der Waals surface area (Å²) in [7, 11) is -3.95. The summed E-state index contributed by atoms with van der Waals surface area (Å²) in [5, 5.41) is 14.5. The fraction of sp³-hybridized carbons (Fsp3) is 0.636. The zero-order chi connectivity index (χ0) is 15.3. The van der Waals surface area contributed by atoms with Crippen LogP contribution >= 0.6 is 0 Å². The fourth-order valence-electron chi connectivity index (χ4n) is 1.41. The van der Waals surface area contributed by atoms with Crippen LogP contribution in [0.3, 0.4) is 0 Å². The number of carbonyl (C=O) groups excluding carboxylic acids is 1. The van der Waals surface area contributed by atoms with Gasteiger partial charge in [0.15, 0.2) is 5.03 Å². The van der Waals surface area contributed by atoms with Crippen molar-refractivity contribution in [3.8, 4) is 0 Å². The smallest absolute Gasteiger partial charge is 0.342 e.